The zero-order valence-electron chi connectivity index (χ0n) is 8.77. The molecular weight excluding hydrogens is 284 g/mol. The predicted octanol–water partition coefficient (Wildman–Crippen LogP) is 1.17. The van der Waals surface area contributed by atoms with E-state index < -0.39 is 23.8 Å². The standard InChI is InChI=1S/C9H13BrO6/c1-9(15-4-2-3-10)5-14-8(13)16-6(9)7(11)12/h6H,2-5H2,1H3,(H,11,12). The fraction of sp³-hybridized carbons (Fsp3) is 0.778. The molecule has 1 aliphatic rings. The Morgan fingerprint density at radius 2 is 2.44 bits per heavy atom. The van der Waals surface area contributed by atoms with Crippen molar-refractivity contribution in [3.63, 3.8) is 0 Å². The van der Waals surface area contributed by atoms with Gasteiger partial charge in [-0.1, -0.05) is 15.9 Å². The van der Waals surface area contributed by atoms with Crippen molar-refractivity contribution in [2.75, 3.05) is 18.5 Å². The molecule has 0 aromatic rings. The summed E-state index contributed by atoms with van der Waals surface area (Å²) in [5, 5.41) is 9.68. The van der Waals surface area contributed by atoms with E-state index in [0.717, 1.165) is 11.8 Å². The van der Waals surface area contributed by atoms with Gasteiger partial charge in [-0.05, 0) is 13.3 Å². The highest BCUT2D eigenvalue weighted by Crippen LogP contribution is 2.25. The number of carbonyl (C=O) groups is 2. The van der Waals surface area contributed by atoms with E-state index in [1.54, 1.807) is 6.92 Å². The summed E-state index contributed by atoms with van der Waals surface area (Å²) >= 11 is 3.23. The number of hydrogen-bond donors (Lipinski definition) is 1. The Morgan fingerprint density at radius 3 is 3.00 bits per heavy atom. The average Bonchev–Trinajstić information content (AvgIpc) is 2.22. The van der Waals surface area contributed by atoms with Crippen LogP contribution in [0.5, 0.6) is 0 Å². The molecule has 1 saturated heterocycles. The highest BCUT2D eigenvalue weighted by molar-refractivity contribution is 9.09. The van der Waals surface area contributed by atoms with Crippen molar-refractivity contribution in [1.29, 1.82) is 0 Å². The number of cyclic esters (lactones) is 2. The van der Waals surface area contributed by atoms with Crippen LogP contribution in [-0.4, -0.2) is 47.5 Å². The molecule has 0 radical (unpaired) electrons. The van der Waals surface area contributed by atoms with Crippen molar-refractivity contribution in [1.82, 2.24) is 0 Å². The van der Waals surface area contributed by atoms with Crippen molar-refractivity contribution in [3.8, 4) is 0 Å². The van der Waals surface area contributed by atoms with E-state index in [2.05, 4.69) is 25.4 Å². The first-order chi connectivity index (χ1) is 7.49. The summed E-state index contributed by atoms with van der Waals surface area (Å²) < 4.78 is 14.7. The summed E-state index contributed by atoms with van der Waals surface area (Å²) in [5.74, 6) is -1.24. The van der Waals surface area contributed by atoms with Crippen LogP contribution >= 0.6 is 15.9 Å². The van der Waals surface area contributed by atoms with Crippen molar-refractivity contribution >= 4 is 28.1 Å². The lowest BCUT2D eigenvalue weighted by molar-refractivity contribution is -0.199. The third kappa shape index (κ3) is 3.08. The Labute approximate surface area is 101 Å². The van der Waals surface area contributed by atoms with Crippen molar-refractivity contribution in [2.45, 2.75) is 25.0 Å². The van der Waals surface area contributed by atoms with Crippen molar-refractivity contribution in [2.24, 2.45) is 0 Å². The lowest BCUT2D eigenvalue weighted by Crippen LogP contribution is -2.56. The van der Waals surface area contributed by atoms with Crippen LogP contribution in [0.25, 0.3) is 0 Å². The molecule has 7 heteroatoms. The molecule has 0 saturated carbocycles. The maximum atomic E-state index is 10.9. The van der Waals surface area contributed by atoms with Crippen LogP contribution in [0.4, 0.5) is 4.79 Å². The Balaban J connectivity index is 2.65. The summed E-state index contributed by atoms with van der Waals surface area (Å²) in [7, 11) is 0. The number of alkyl halides is 1. The minimum absolute atomic E-state index is 0.120. The van der Waals surface area contributed by atoms with Crippen LogP contribution in [0.2, 0.25) is 0 Å². The highest BCUT2D eigenvalue weighted by Gasteiger charge is 2.48. The molecule has 0 aromatic heterocycles. The predicted molar refractivity (Wildman–Crippen MR) is 56.6 cm³/mol. The fourth-order valence-electron chi connectivity index (χ4n) is 1.32. The molecule has 1 rings (SSSR count). The lowest BCUT2D eigenvalue weighted by Gasteiger charge is -2.37. The van der Waals surface area contributed by atoms with Gasteiger partial charge >= 0.3 is 12.1 Å². The molecule has 0 amide bonds. The third-order valence-electron chi connectivity index (χ3n) is 2.18. The topological polar surface area (TPSA) is 82.1 Å². The fourth-order valence-corrected chi connectivity index (χ4v) is 1.55. The van der Waals surface area contributed by atoms with Gasteiger partial charge in [0, 0.05) is 11.9 Å². The second-order valence-corrected chi connectivity index (χ2v) is 4.37. The van der Waals surface area contributed by atoms with Crippen LogP contribution in [0.1, 0.15) is 13.3 Å². The molecule has 6 nitrogen and oxygen atoms in total. The van der Waals surface area contributed by atoms with Gasteiger partial charge < -0.3 is 19.3 Å². The molecule has 1 N–H and O–H groups in total. The Bertz CT molecular complexity index is 281. The van der Waals surface area contributed by atoms with Crippen LogP contribution < -0.4 is 0 Å². The molecule has 2 unspecified atom stereocenters. The number of halogens is 1. The van der Waals surface area contributed by atoms with Gasteiger partial charge in [0.05, 0.1) is 0 Å². The van der Waals surface area contributed by atoms with E-state index in [-0.39, 0.29) is 6.61 Å². The second kappa shape index (κ2) is 5.49. The molecule has 1 aliphatic heterocycles. The molecular formula is C9H13BrO6. The van der Waals surface area contributed by atoms with Gasteiger partial charge in [0.15, 0.2) is 0 Å². The normalized spacial score (nSPS) is 29.4. The minimum atomic E-state index is -1.33. The summed E-state index contributed by atoms with van der Waals surface area (Å²) in [5.41, 5.74) is -1.14. The Morgan fingerprint density at radius 1 is 1.75 bits per heavy atom. The quantitative estimate of drug-likeness (QED) is 0.466. The van der Waals surface area contributed by atoms with E-state index in [1.165, 1.54) is 0 Å². The Kier molecular flexibility index (Phi) is 4.55. The molecule has 0 spiro atoms. The van der Waals surface area contributed by atoms with Gasteiger partial charge in [-0.2, -0.15) is 0 Å². The lowest BCUT2D eigenvalue weighted by atomic mass is 9.99. The van der Waals surface area contributed by atoms with Crippen LogP contribution in [-0.2, 0) is 19.0 Å². The molecule has 0 aliphatic carbocycles. The van der Waals surface area contributed by atoms with E-state index >= 15 is 0 Å². The van der Waals surface area contributed by atoms with Gasteiger partial charge in [0.25, 0.3) is 0 Å². The number of rotatable bonds is 5. The monoisotopic (exact) mass is 296 g/mol. The first kappa shape index (κ1) is 13.2. The largest absolute Gasteiger partial charge is 0.509 e. The number of aliphatic carboxylic acids is 1. The highest BCUT2D eigenvalue weighted by atomic mass is 79.9. The molecule has 1 heterocycles. The molecule has 92 valence electrons. The second-order valence-electron chi connectivity index (χ2n) is 3.58. The minimum Gasteiger partial charge on any atom is -0.478 e. The zero-order valence-corrected chi connectivity index (χ0v) is 10.4. The first-order valence-corrected chi connectivity index (χ1v) is 5.88. The van der Waals surface area contributed by atoms with E-state index in [0.29, 0.717) is 6.61 Å². The number of carboxylic acids is 1. The summed E-state index contributed by atoms with van der Waals surface area (Å²) in [6.45, 7) is 1.80. The van der Waals surface area contributed by atoms with Gasteiger partial charge in [-0.3, -0.25) is 0 Å². The van der Waals surface area contributed by atoms with Gasteiger partial charge in [-0.25, -0.2) is 9.59 Å². The molecule has 1 fully saturated rings. The van der Waals surface area contributed by atoms with Crippen molar-refractivity contribution < 1.29 is 28.9 Å². The molecule has 0 aromatic carbocycles. The van der Waals surface area contributed by atoms with Crippen molar-refractivity contribution in [3.05, 3.63) is 0 Å². The van der Waals surface area contributed by atoms with E-state index in [4.69, 9.17) is 9.84 Å². The average molecular weight is 297 g/mol. The van der Waals surface area contributed by atoms with Gasteiger partial charge in [0.1, 0.15) is 12.2 Å². The van der Waals surface area contributed by atoms with Crippen LogP contribution in [0.3, 0.4) is 0 Å². The van der Waals surface area contributed by atoms with E-state index in [1.807, 2.05) is 0 Å². The molecule has 2 atom stereocenters. The van der Waals surface area contributed by atoms with Crippen LogP contribution in [0.15, 0.2) is 0 Å². The van der Waals surface area contributed by atoms with Gasteiger partial charge in [-0.15, -0.1) is 0 Å². The maximum absolute atomic E-state index is 10.9. The molecule has 0 bridgehead atoms. The zero-order chi connectivity index (χ0) is 12.2. The Hall–Kier alpha value is -0.820. The number of carboxylic acid groups (broad SMARTS) is 1. The van der Waals surface area contributed by atoms with Crippen LogP contribution in [0, 0.1) is 0 Å². The first-order valence-electron chi connectivity index (χ1n) is 4.76. The number of carbonyl (C=O) groups excluding carboxylic acids is 1. The SMILES string of the molecule is CC1(OCCCBr)COC(=O)OC1C(=O)O. The maximum Gasteiger partial charge on any atom is 0.509 e. The smallest absolute Gasteiger partial charge is 0.478 e. The number of ether oxygens (including phenoxy) is 3. The summed E-state index contributed by atoms with van der Waals surface area (Å²) in [4.78, 5) is 21.8. The summed E-state index contributed by atoms with van der Waals surface area (Å²) in [6.07, 6.45) is -1.58. The molecule has 16 heavy (non-hydrogen) atoms. The third-order valence-corrected chi connectivity index (χ3v) is 2.74. The summed E-state index contributed by atoms with van der Waals surface area (Å²) in [6, 6.07) is 0. The van der Waals surface area contributed by atoms with E-state index in [9.17, 15) is 9.59 Å². The number of hydrogen-bond acceptors (Lipinski definition) is 5. The van der Waals surface area contributed by atoms with Gasteiger partial charge in [0.2, 0.25) is 6.10 Å².